The smallest absolute Gasteiger partial charge is 0.233 e. The fourth-order valence-corrected chi connectivity index (χ4v) is 4.70. The fraction of sp³-hybridized carbons (Fsp3) is 0.500. The third kappa shape index (κ3) is 4.05. The first-order chi connectivity index (χ1) is 14.2. The van der Waals surface area contributed by atoms with Gasteiger partial charge in [-0.05, 0) is 23.8 Å². The van der Waals surface area contributed by atoms with Crippen molar-refractivity contribution >= 4 is 17.8 Å². The van der Waals surface area contributed by atoms with Gasteiger partial charge in [-0.3, -0.25) is 19.5 Å². The Bertz CT molecular complexity index is 778. The normalized spacial score (nSPS) is 27.6. The summed E-state index contributed by atoms with van der Waals surface area (Å²) in [6.45, 7) is 2.59. The highest BCUT2D eigenvalue weighted by Gasteiger charge is 2.58. The lowest BCUT2D eigenvalue weighted by Gasteiger charge is -2.18. The summed E-state index contributed by atoms with van der Waals surface area (Å²) in [7, 11) is 1.69. The molecule has 1 heterocycles. The van der Waals surface area contributed by atoms with Crippen LogP contribution in [0.4, 0.5) is 0 Å². The topological polar surface area (TPSA) is 83.0 Å². The lowest BCUT2D eigenvalue weighted by molar-refractivity contribution is -0.140. The molecule has 1 aromatic rings. The van der Waals surface area contributed by atoms with Crippen LogP contribution in [0, 0.1) is 23.7 Å². The number of hydrogen-bond acceptors (Lipinski definition) is 4. The molecule has 4 unspecified atom stereocenters. The average molecular weight is 396 g/mol. The van der Waals surface area contributed by atoms with Gasteiger partial charge in [0.1, 0.15) is 0 Å². The van der Waals surface area contributed by atoms with Crippen molar-refractivity contribution < 1.29 is 14.3 Å². The van der Waals surface area contributed by atoms with Crippen LogP contribution < -0.4 is 10.6 Å². The largest absolute Gasteiger partial charge is 0.375 e. The van der Waals surface area contributed by atoms with Crippen LogP contribution >= 0.6 is 0 Å². The Kier molecular flexibility index (Phi) is 5.94. The summed E-state index contributed by atoms with van der Waals surface area (Å²) in [5, 5.41) is 6.35. The van der Waals surface area contributed by atoms with E-state index in [4.69, 9.17) is 4.74 Å². The molecule has 1 aliphatic heterocycles. The molecular weight excluding hydrogens is 368 g/mol. The zero-order chi connectivity index (χ0) is 20.2. The predicted molar refractivity (Wildman–Crippen MR) is 110 cm³/mol. The summed E-state index contributed by atoms with van der Waals surface area (Å²) >= 11 is 0. The number of fused-ring (bicyclic) bond motifs is 5. The third-order valence-electron chi connectivity index (χ3n) is 6.06. The molecule has 1 aromatic carbocycles. The van der Waals surface area contributed by atoms with E-state index in [9.17, 15) is 9.59 Å². The number of ether oxygens (including phenoxy) is 1. The maximum Gasteiger partial charge on any atom is 0.233 e. The van der Waals surface area contributed by atoms with Crippen molar-refractivity contribution in [2.45, 2.75) is 13.0 Å². The van der Waals surface area contributed by atoms with E-state index in [1.807, 2.05) is 30.3 Å². The summed E-state index contributed by atoms with van der Waals surface area (Å²) in [4.78, 5) is 31.0. The van der Waals surface area contributed by atoms with E-state index in [2.05, 4.69) is 27.8 Å². The van der Waals surface area contributed by atoms with Crippen LogP contribution in [0.3, 0.4) is 0 Å². The molecule has 7 heteroatoms. The molecule has 0 spiro atoms. The Morgan fingerprint density at radius 2 is 1.72 bits per heavy atom. The number of guanidine groups is 1. The third-order valence-corrected chi connectivity index (χ3v) is 6.06. The van der Waals surface area contributed by atoms with Crippen molar-refractivity contribution in [3.05, 3.63) is 48.0 Å². The first-order valence-electron chi connectivity index (χ1n) is 10.3. The number of likely N-dealkylation sites (tertiary alicyclic amines) is 1. The molecule has 2 bridgehead atoms. The van der Waals surface area contributed by atoms with Gasteiger partial charge in [0.2, 0.25) is 11.8 Å². The molecule has 1 saturated heterocycles. The number of hydrogen-bond donors (Lipinski definition) is 2. The van der Waals surface area contributed by atoms with Gasteiger partial charge in [0.05, 0.1) is 25.0 Å². The predicted octanol–water partition coefficient (Wildman–Crippen LogP) is 1.18. The summed E-state index contributed by atoms with van der Waals surface area (Å²) in [6, 6.07) is 10.0. The lowest BCUT2D eigenvalue weighted by Crippen LogP contribution is -2.44. The number of carbonyl (C=O) groups excluding carboxylic acids is 2. The lowest BCUT2D eigenvalue weighted by atomic mass is 9.85. The van der Waals surface area contributed by atoms with E-state index in [1.54, 1.807) is 7.05 Å². The molecule has 2 fully saturated rings. The first-order valence-corrected chi connectivity index (χ1v) is 10.3. The highest BCUT2D eigenvalue weighted by molar-refractivity contribution is 6.06. The van der Waals surface area contributed by atoms with Crippen LogP contribution in [0.5, 0.6) is 0 Å². The monoisotopic (exact) mass is 396 g/mol. The molecule has 154 valence electrons. The van der Waals surface area contributed by atoms with E-state index in [1.165, 1.54) is 4.90 Å². The van der Waals surface area contributed by atoms with Crippen LogP contribution in [-0.2, 0) is 20.9 Å². The molecule has 2 amide bonds. The van der Waals surface area contributed by atoms with E-state index < -0.39 is 0 Å². The second-order valence-corrected chi connectivity index (χ2v) is 7.79. The van der Waals surface area contributed by atoms with Gasteiger partial charge in [0.15, 0.2) is 5.96 Å². The Morgan fingerprint density at radius 3 is 2.38 bits per heavy atom. The second kappa shape index (κ2) is 8.78. The van der Waals surface area contributed by atoms with Gasteiger partial charge in [0.25, 0.3) is 0 Å². The maximum atomic E-state index is 12.7. The van der Waals surface area contributed by atoms with Gasteiger partial charge in [-0.15, -0.1) is 0 Å². The Labute approximate surface area is 171 Å². The van der Waals surface area contributed by atoms with Crippen molar-refractivity contribution in [3.8, 4) is 0 Å². The van der Waals surface area contributed by atoms with Crippen LogP contribution in [0.15, 0.2) is 47.5 Å². The molecule has 1 saturated carbocycles. The van der Waals surface area contributed by atoms with Gasteiger partial charge in [-0.2, -0.15) is 0 Å². The number of rotatable bonds is 8. The number of imide groups is 1. The van der Waals surface area contributed by atoms with Crippen LogP contribution in [0.1, 0.15) is 12.0 Å². The van der Waals surface area contributed by atoms with Crippen molar-refractivity contribution in [1.82, 2.24) is 15.5 Å². The van der Waals surface area contributed by atoms with Crippen molar-refractivity contribution in [2.24, 2.45) is 28.7 Å². The van der Waals surface area contributed by atoms with E-state index in [0.29, 0.717) is 38.8 Å². The zero-order valence-electron chi connectivity index (χ0n) is 16.7. The van der Waals surface area contributed by atoms with Gasteiger partial charge >= 0.3 is 0 Å². The fourth-order valence-electron chi connectivity index (χ4n) is 4.70. The quantitative estimate of drug-likeness (QED) is 0.227. The Balaban J connectivity index is 1.15. The standard InChI is InChI=1S/C22H28N4O3/c1-23-22(25-10-12-29-14-15-5-3-2-4-6-15)24-9-11-26-20(27)18-16-7-8-17(13-16)19(18)21(26)28/h2-8,16-19H,9-14H2,1H3,(H2,23,24,25). The van der Waals surface area contributed by atoms with E-state index >= 15 is 0 Å². The van der Waals surface area contributed by atoms with Gasteiger partial charge in [-0.1, -0.05) is 42.5 Å². The molecule has 2 aliphatic carbocycles. The molecule has 7 nitrogen and oxygen atoms in total. The van der Waals surface area contributed by atoms with Crippen LogP contribution in [-0.4, -0.2) is 56.0 Å². The number of nitrogens with zero attached hydrogens (tertiary/aromatic N) is 2. The van der Waals surface area contributed by atoms with Crippen molar-refractivity contribution in [1.29, 1.82) is 0 Å². The number of aliphatic imine (C=N–C) groups is 1. The molecular formula is C22H28N4O3. The molecule has 3 aliphatic rings. The van der Waals surface area contributed by atoms with Crippen LogP contribution in [0.2, 0.25) is 0 Å². The van der Waals surface area contributed by atoms with Gasteiger partial charge < -0.3 is 15.4 Å². The summed E-state index contributed by atoms with van der Waals surface area (Å²) in [5.41, 5.74) is 1.14. The Morgan fingerprint density at radius 1 is 1.07 bits per heavy atom. The minimum absolute atomic E-state index is 0.00379. The van der Waals surface area contributed by atoms with E-state index in [0.717, 1.165) is 12.0 Å². The Hall–Kier alpha value is -2.67. The average Bonchev–Trinajstić information content (AvgIpc) is 3.42. The summed E-state index contributed by atoms with van der Waals surface area (Å²) < 4.78 is 5.65. The second-order valence-electron chi connectivity index (χ2n) is 7.79. The summed E-state index contributed by atoms with van der Waals surface area (Å²) in [6.07, 6.45) is 5.19. The van der Waals surface area contributed by atoms with E-state index in [-0.39, 0.29) is 35.5 Å². The van der Waals surface area contributed by atoms with Crippen molar-refractivity contribution in [2.75, 3.05) is 33.3 Å². The molecule has 4 atom stereocenters. The number of carbonyl (C=O) groups is 2. The number of allylic oxidation sites excluding steroid dienone is 2. The molecule has 4 rings (SSSR count). The first kappa shape index (κ1) is 19.6. The van der Waals surface area contributed by atoms with Gasteiger partial charge in [-0.25, -0.2) is 0 Å². The number of amides is 2. The number of benzene rings is 1. The summed E-state index contributed by atoms with van der Waals surface area (Å²) in [5.74, 6) is 0.879. The molecule has 2 N–H and O–H groups in total. The molecule has 29 heavy (non-hydrogen) atoms. The van der Waals surface area contributed by atoms with Crippen LogP contribution in [0.25, 0.3) is 0 Å². The molecule has 0 radical (unpaired) electrons. The highest BCUT2D eigenvalue weighted by atomic mass is 16.5. The minimum atomic E-state index is -0.128. The van der Waals surface area contributed by atoms with Crippen molar-refractivity contribution in [3.63, 3.8) is 0 Å². The minimum Gasteiger partial charge on any atom is -0.375 e. The van der Waals surface area contributed by atoms with Gasteiger partial charge in [0, 0.05) is 26.7 Å². The molecule has 0 aromatic heterocycles. The maximum absolute atomic E-state index is 12.7. The number of nitrogens with one attached hydrogen (secondary N) is 2. The SMILES string of the molecule is CN=C(NCCOCc1ccccc1)NCCN1C(=O)C2C3C=CC(C3)C2C1=O. The zero-order valence-corrected chi connectivity index (χ0v) is 16.7. The highest BCUT2D eigenvalue weighted by Crippen LogP contribution is 2.52.